The van der Waals surface area contributed by atoms with E-state index in [2.05, 4.69) is 0 Å². The maximum absolute atomic E-state index is 12.0. The van der Waals surface area contributed by atoms with Gasteiger partial charge in [0.05, 0.1) is 13.7 Å². The van der Waals surface area contributed by atoms with Gasteiger partial charge in [0.2, 0.25) is 11.8 Å². The Morgan fingerprint density at radius 1 is 1.29 bits per heavy atom. The summed E-state index contributed by atoms with van der Waals surface area (Å²) in [5.41, 5.74) is 5.90. The van der Waals surface area contributed by atoms with E-state index in [1.807, 2.05) is 6.07 Å². The molecule has 0 fully saturated rings. The van der Waals surface area contributed by atoms with Crippen LogP contribution in [-0.4, -0.2) is 48.0 Å². The first kappa shape index (κ1) is 16.5. The summed E-state index contributed by atoms with van der Waals surface area (Å²) in [6.45, 7) is -0.941. The van der Waals surface area contributed by atoms with E-state index in [4.69, 9.17) is 15.6 Å². The molecule has 114 valence electrons. The molecule has 1 aromatic rings. The second-order valence-corrected chi connectivity index (χ2v) is 4.46. The Morgan fingerprint density at radius 2 is 2.00 bits per heavy atom. The van der Waals surface area contributed by atoms with E-state index in [9.17, 15) is 14.4 Å². The van der Waals surface area contributed by atoms with Crippen molar-refractivity contribution < 1.29 is 24.2 Å². The average molecular weight is 294 g/mol. The third-order valence-electron chi connectivity index (χ3n) is 2.79. The van der Waals surface area contributed by atoms with E-state index >= 15 is 0 Å². The van der Waals surface area contributed by atoms with Gasteiger partial charge in [0, 0.05) is 6.42 Å². The van der Waals surface area contributed by atoms with Crippen molar-refractivity contribution >= 4 is 17.8 Å². The smallest absolute Gasteiger partial charge is 0.323 e. The molecule has 0 aliphatic heterocycles. The summed E-state index contributed by atoms with van der Waals surface area (Å²) < 4.78 is 5.08. The number of methoxy groups -OCH3 is 1. The summed E-state index contributed by atoms with van der Waals surface area (Å²) in [4.78, 5) is 34.5. The normalized spacial score (nSPS) is 9.95. The fourth-order valence-corrected chi connectivity index (χ4v) is 1.82. The molecule has 7 heteroatoms. The molecule has 0 heterocycles. The Morgan fingerprint density at radius 3 is 2.57 bits per heavy atom. The third kappa shape index (κ3) is 5.94. The third-order valence-corrected chi connectivity index (χ3v) is 2.79. The summed E-state index contributed by atoms with van der Waals surface area (Å²) in [7, 11) is 1.55. The highest BCUT2D eigenvalue weighted by Crippen LogP contribution is 2.14. The molecule has 0 saturated carbocycles. The first-order chi connectivity index (χ1) is 9.92. The van der Waals surface area contributed by atoms with Crippen LogP contribution in [0.3, 0.4) is 0 Å². The molecule has 1 rings (SSSR count). The Bertz CT molecular complexity index is 514. The van der Waals surface area contributed by atoms with Crippen LogP contribution in [0.5, 0.6) is 5.75 Å². The van der Waals surface area contributed by atoms with Gasteiger partial charge in [0.15, 0.2) is 0 Å². The van der Waals surface area contributed by atoms with Gasteiger partial charge in [-0.1, -0.05) is 12.1 Å². The van der Waals surface area contributed by atoms with Crippen molar-refractivity contribution in [3.05, 3.63) is 29.8 Å². The van der Waals surface area contributed by atoms with Gasteiger partial charge in [-0.3, -0.25) is 14.4 Å². The number of benzene rings is 1. The van der Waals surface area contributed by atoms with Gasteiger partial charge in [0.25, 0.3) is 0 Å². The number of nitrogens with two attached hydrogens (primary N) is 1. The number of nitrogens with zero attached hydrogens (tertiary/aromatic N) is 1. The molecule has 2 amide bonds. The minimum Gasteiger partial charge on any atom is -0.497 e. The number of amides is 2. The maximum atomic E-state index is 12.0. The van der Waals surface area contributed by atoms with Gasteiger partial charge in [-0.2, -0.15) is 0 Å². The van der Waals surface area contributed by atoms with Gasteiger partial charge in [0.1, 0.15) is 12.3 Å². The van der Waals surface area contributed by atoms with Crippen molar-refractivity contribution in [1.29, 1.82) is 0 Å². The van der Waals surface area contributed by atoms with E-state index in [1.54, 1.807) is 25.3 Å². The molecule has 3 N–H and O–H groups in total. The van der Waals surface area contributed by atoms with Gasteiger partial charge in [-0.15, -0.1) is 0 Å². The van der Waals surface area contributed by atoms with Gasteiger partial charge in [-0.25, -0.2) is 0 Å². The monoisotopic (exact) mass is 294 g/mol. The molecule has 1 aromatic carbocycles. The topological polar surface area (TPSA) is 110 Å². The lowest BCUT2D eigenvalue weighted by molar-refractivity contribution is -0.145. The van der Waals surface area contributed by atoms with Crippen molar-refractivity contribution in [3.63, 3.8) is 0 Å². The SMILES string of the molecule is COc1cccc(CCC(=O)N(CC(N)=O)CC(=O)O)c1. The van der Waals surface area contributed by atoms with Crippen LogP contribution >= 0.6 is 0 Å². The number of carbonyl (C=O) groups excluding carboxylic acids is 2. The lowest BCUT2D eigenvalue weighted by atomic mass is 10.1. The first-order valence-corrected chi connectivity index (χ1v) is 6.33. The number of hydrogen-bond donors (Lipinski definition) is 2. The fraction of sp³-hybridized carbons (Fsp3) is 0.357. The highest BCUT2D eigenvalue weighted by molar-refractivity contribution is 5.86. The zero-order valence-corrected chi connectivity index (χ0v) is 11.7. The highest BCUT2D eigenvalue weighted by Gasteiger charge is 2.18. The number of aliphatic carboxylic acids is 1. The number of carboxylic acid groups (broad SMARTS) is 1. The van der Waals surface area contributed by atoms with Crippen LogP contribution in [0.4, 0.5) is 0 Å². The summed E-state index contributed by atoms with van der Waals surface area (Å²) in [6, 6.07) is 7.22. The number of carbonyl (C=O) groups is 3. The van der Waals surface area contributed by atoms with E-state index in [0.717, 1.165) is 10.5 Å². The van der Waals surface area contributed by atoms with Crippen molar-refractivity contribution in [1.82, 2.24) is 4.90 Å². The Hall–Kier alpha value is -2.57. The number of rotatable bonds is 8. The highest BCUT2D eigenvalue weighted by atomic mass is 16.5. The molecule has 0 aliphatic carbocycles. The van der Waals surface area contributed by atoms with Crippen LogP contribution in [0.15, 0.2) is 24.3 Å². The van der Waals surface area contributed by atoms with Crippen LogP contribution in [-0.2, 0) is 20.8 Å². The minimum absolute atomic E-state index is 0.0910. The van der Waals surface area contributed by atoms with Gasteiger partial charge >= 0.3 is 5.97 Å². The number of aryl methyl sites for hydroxylation is 1. The predicted molar refractivity (Wildman–Crippen MR) is 74.7 cm³/mol. The van der Waals surface area contributed by atoms with Crippen LogP contribution in [0.1, 0.15) is 12.0 Å². The average Bonchev–Trinajstić information content (AvgIpc) is 2.43. The molecule has 0 aliphatic rings. The minimum atomic E-state index is -1.19. The summed E-state index contributed by atoms with van der Waals surface area (Å²) in [5.74, 6) is -1.68. The standard InChI is InChI=1S/C14H18N2O5/c1-21-11-4-2-3-10(7-11)5-6-13(18)16(8-12(15)17)9-14(19)20/h2-4,7H,5-6,8-9H2,1H3,(H2,15,17)(H,19,20). The van der Waals surface area contributed by atoms with Crippen LogP contribution in [0.2, 0.25) is 0 Å². The van der Waals surface area contributed by atoms with Gasteiger partial charge in [-0.05, 0) is 24.1 Å². The zero-order valence-electron chi connectivity index (χ0n) is 11.7. The molecule has 0 aromatic heterocycles. The lowest BCUT2D eigenvalue weighted by Crippen LogP contribution is -2.41. The number of hydrogen-bond acceptors (Lipinski definition) is 4. The predicted octanol–water partition coefficient (Wildman–Crippen LogP) is 0.0263. The first-order valence-electron chi connectivity index (χ1n) is 6.33. The summed E-state index contributed by atoms with van der Waals surface area (Å²) >= 11 is 0. The maximum Gasteiger partial charge on any atom is 0.323 e. The molecule has 21 heavy (non-hydrogen) atoms. The molecule has 0 saturated heterocycles. The quantitative estimate of drug-likeness (QED) is 0.702. The van der Waals surface area contributed by atoms with Crippen molar-refractivity contribution in [2.75, 3.05) is 20.2 Å². The molecule has 0 spiro atoms. The van der Waals surface area contributed by atoms with E-state index in [-0.39, 0.29) is 6.42 Å². The van der Waals surface area contributed by atoms with Crippen molar-refractivity contribution in [3.8, 4) is 5.75 Å². The Balaban J connectivity index is 2.63. The fourth-order valence-electron chi connectivity index (χ4n) is 1.82. The lowest BCUT2D eigenvalue weighted by Gasteiger charge is -2.18. The second kappa shape index (κ2) is 7.88. The van der Waals surface area contributed by atoms with E-state index in [0.29, 0.717) is 12.2 Å². The van der Waals surface area contributed by atoms with Crippen molar-refractivity contribution in [2.24, 2.45) is 5.73 Å². The Labute approximate surface area is 122 Å². The molecular formula is C14H18N2O5. The molecule has 0 bridgehead atoms. The number of ether oxygens (including phenoxy) is 1. The van der Waals surface area contributed by atoms with E-state index < -0.39 is 30.9 Å². The number of primary amides is 1. The van der Waals surface area contributed by atoms with Gasteiger partial charge < -0.3 is 20.5 Å². The molecule has 0 unspecified atom stereocenters. The van der Waals surface area contributed by atoms with Crippen LogP contribution < -0.4 is 10.5 Å². The van der Waals surface area contributed by atoms with Crippen LogP contribution in [0, 0.1) is 0 Å². The van der Waals surface area contributed by atoms with Crippen LogP contribution in [0.25, 0.3) is 0 Å². The molecule has 0 radical (unpaired) electrons. The summed E-state index contributed by atoms with van der Waals surface area (Å²) in [5, 5.41) is 8.74. The number of carboxylic acids is 1. The van der Waals surface area contributed by atoms with E-state index in [1.165, 1.54) is 0 Å². The summed E-state index contributed by atoms with van der Waals surface area (Å²) in [6.07, 6.45) is 0.513. The molecule has 0 atom stereocenters. The molecular weight excluding hydrogens is 276 g/mol. The largest absolute Gasteiger partial charge is 0.497 e. The molecule has 7 nitrogen and oxygen atoms in total. The second-order valence-electron chi connectivity index (χ2n) is 4.46. The van der Waals surface area contributed by atoms with Crippen molar-refractivity contribution in [2.45, 2.75) is 12.8 Å². The zero-order chi connectivity index (χ0) is 15.8. The Kier molecular flexibility index (Phi) is 6.19.